The van der Waals surface area contributed by atoms with E-state index >= 15 is 0 Å². The lowest BCUT2D eigenvalue weighted by atomic mass is 9.95. The summed E-state index contributed by atoms with van der Waals surface area (Å²) in [6.45, 7) is 3.81. The van der Waals surface area contributed by atoms with Gasteiger partial charge in [0.1, 0.15) is 11.5 Å². The minimum absolute atomic E-state index is 0.163. The van der Waals surface area contributed by atoms with Crippen LogP contribution in [0, 0.1) is 13.8 Å². The van der Waals surface area contributed by atoms with Crippen molar-refractivity contribution < 1.29 is 19.4 Å². The maximum atomic E-state index is 11.3. The number of carbonyl (C=O) groups excluding carboxylic acids is 1. The number of phenolic OH excluding ortho intramolecular Hbond substituents is 1. The van der Waals surface area contributed by atoms with Crippen molar-refractivity contribution in [3.05, 3.63) is 81.9 Å². The van der Waals surface area contributed by atoms with Gasteiger partial charge in [0.25, 0.3) is 0 Å². The average molecular weight is 411 g/mol. The van der Waals surface area contributed by atoms with Crippen molar-refractivity contribution >= 4 is 17.6 Å². The summed E-state index contributed by atoms with van der Waals surface area (Å²) in [6.07, 6.45) is 0.612. The van der Waals surface area contributed by atoms with Crippen LogP contribution in [0.25, 0.3) is 11.1 Å². The highest BCUT2D eigenvalue weighted by molar-refractivity contribution is 6.31. The van der Waals surface area contributed by atoms with Gasteiger partial charge >= 0.3 is 5.97 Å². The summed E-state index contributed by atoms with van der Waals surface area (Å²) < 4.78 is 10.0. The Kier molecular flexibility index (Phi) is 6.45. The van der Waals surface area contributed by atoms with E-state index in [0.29, 0.717) is 17.2 Å². The molecular formula is C24H23ClO4. The van der Waals surface area contributed by atoms with Crippen molar-refractivity contribution in [2.24, 2.45) is 0 Å². The molecule has 0 aliphatic heterocycles. The van der Waals surface area contributed by atoms with Crippen LogP contribution >= 0.6 is 11.6 Å². The number of esters is 1. The van der Waals surface area contributed by atoms with E-state index in [1.165, 1.54) is 7.11 Å². The Bertz CT molecular complexity index is 1020. The van der Waals surface area contributed by atoms with Gasteiger partial charge in [0, 0.05) is 10.6 Å². The van der Waals surface area contributed by atoms with Gasteiger partial charge in [0.2, 0.25) is 0 Å². The molecule has 5 heteroatoms. The number of aromatic hydroxyl groups is 1. The van der Waals surface area contributed by atoms with Gasteiger partial charge in [-0.2, -0.15) is 0 Å². The summed E-state index contributed by atoms with van der Waals surface area (Å²) in [5.74, 6) is 0.317. The Labute approximate surface area is 175 Å². The molecule has 0 fully saturated rings. The highest BCUT2D eigenvalue weighted by Gasteiger charge is 2.12. The SMILES string of the molecule is COC(=O)COc1cc(C)c(Cc2ccc(O)c(-c3cccc(C)c3)c2)c(Cl)c1. The molecule has 0 bridgehead atoms. The van der Waals surface area contributed by atoms with E-state index in [1.807, 2.05) is 56.3 Å². The van der Waals surface area contributed by atoms with E-state index in [2.05, 4.69) is 4.74 Å². The first-order valence-electron chi connectivity index (χ1n) is 9.25. The smallest absolute Gasteiger partial charge is 0.343 e. The molecule has 3 rings (SSSR count). The Morgan fingerprint density at radius 1 is 1.07 bits per heavy atom. The van der Waals surface area contributed by atoms with Crippen LogP contribution in [-0.4, -0.2) is 24.8 Å². The Balaban J connectivity index is 1.86. The molecule has 29 heavy (non-hydrogen) atoms. The summed E-state index contributed by atoms with van der Waals surface area (Å²) in [4.78, 5) is 11.3. The molecule has 3 aromatic rings. The first-order valence-corrected chi connectivity index (χ1v) is 9.62. The van der Waals surface area contributed by atoms with Gasteiger partial charge in [0.15, 0.2) is 6.61 Å². The normalized spacial score (nSPS) is 10.6. The second-order valence-electron chi connectivity index (χ2n) is 6.96. The third kappa shape index (κ3) is 5.09. The number of ether oxygens (including phenoxy) is 2. The van der Waals surface area contributed by atoms with Crippen molar-refractivity contribution in [3.8, 4) is 22.6 Å². The Hall–Kier alpha value is -2.98. The van der Waals surface area contributed by atoms with E-state index in [4.69, 9.17) is 16.3 Å². The zero-order chi connectivity index (χ0) is 21.0. The molecule has 4 nitrogen and oxygen atoms in total. The van der Waals surface area contributed by atoms with Gasteiger partial charge in [-0.3, -0.25) is 0 Å². The van der Waals surface area contributed by atoms with Crippen molar-refractivity contribution in [2.75, 3.05) is 13.7 Å². The lowest BCUT2D eigenvalue weighted by molar-refractivity contribution is -0.142. The molecule has 0 atom stereocenters. The molecule has 0 aromatic heterocycles. The lowest BCUT2D eigenvalue weighted by Crippen LogP contribution is -2.12. The minimum atomic E-state index is -0.448. The van der Waals surface area contributed by atoms with Crippen LogP contribution in [0.3, 0.4) is 0 Å². The van der Waals surface area contributed by atoms with Crippen LogP contribution in [0.2, 0.25) is 5.02 Å². The zero-order valence-corrected chi connectivity index (χ0v) is 17.4. The van der Waals surface area contributed by atoms with Gasteiger partial charge in [-0.1, -0.05) is 47.5 Å². The van der Waals surface area contributed by atoms with Gasteiger partial charge in [0.05, 0.1) is 7.11 Å². The number of methoxy groups -OCH3 is 1. The Morgan fingerprint density at radius 2 is 1.86 bits per heavy atom. The minimum Gasteiger partial charge on any atom is -0.507 e. The number of aryl methyl sites for hydroxylation is 2. The van der Waals surface area contributed by atoms with Crippen LogP contribution in [0.4, 0.5) is 0 Å². The number of phenols is 1. The van der Waals surface area contributed by atoms with Crippen molar-refractivity contribution in [2.45, 2.75) is 20.3 Å². The van der Waals surface area contributed by atoms with Crippen molar-refractivity contribution in [1.29, 1.82) is 0 Å². The molecule has 0 aliphatic rings. The van der Waals surface area contributed by atoms with Crippen LogP contribution in [0.5, 0.6) is 11.5 Å². The highest BCUT2D eigenvalue weighted by Crippen LogP contribution is 2.33. The molecule has 3 aromatic carbocycles. The van der Waals surface area contributed by atoms with Gasteiger partial charge in [-0.05, 0) is 66.8 Å². The van der Waals surface area contributed by atoms with Crippen molar-refractivity contribution in [3.63, 3.8) is 0 Å². The zero-order valence-electron chi connectivity index (χ0n) is 16.7. The van der Waals surface area contributed by atoms with Crippen LogP contribution in [0.15, 0.2) is 54.6 Å². The number of carbonyl (C=O) groups is 1. The molecule has 0 radical (unpaired) electrons. The number of benzene rings is 3. The first-order chi connectivity index (χ1) is 13.9. The summed E-state index contributed by atoms with van der Waals surface area (Å²) in [5, 5.41) is 10.9. The van der Waals surface area contributed by atoms with Crippen LogP contribution in [-0.2, 0) is 16.0 Å². The monoisotopic (exact) mass is 410 g/mol. The first kappa shape index (κ1) is 20.7. The molecule has 0 saturated heterocycles. The molecule has 0 unspecified atom stereocenters. The molecule has 150 valence electrons. The molecule has 0 aliphatic carbocycles. The molecule has 0 amide bonds. The van der Waals surface area contributed by atoms with E-state index in [0.717, 1.165) is 33.4 Å². The largest absolute Gasteiger partial charge is 0.507 e. The van der Waals surface area contributed by atoms with Crippen molar-refractivity contribution in [1.82, 2.24) is 0 Å². The van der Waals surface area contributed by atoms with E-state index in [9.17, 15) is 9.90 Å². The second-order valence-corrected chi connectivity index (χ2v) is 7.37. The maximum absolute atomic E-state index is 11.3. The van der Waals surface area contributed by atoms with Gasteiger partial charge in [-0.15, -0.1) is 0 Å². The number of hydrogen-bond acceptors (Lipinski definition) is 4. The van der Waals surface area contributed by atoms with E-state index < -0.39 is 5.97 Å². The fourth-order valence-corrected chi connectivity index (χ4v) is 3.52. The number of hydrogen-bond donors (Lipinski definition) is 1. The predicted molar refractivity (Wildman–Crippen MR) is 115 cm³/mol. The second kappa shape index (κ2) is 9.01. The van der Waals surface area contributed by atoms with Gasteiger partial charge < -0.3 is 14.6 Å². The van der Waals surface area contributed by atoms with Crippen LogP contribution in [0.1, 0.15) is 22.3 Å². The summed E-state index contributed by atoms with van der Waals surface area (Å²) in [5.41, 5.74) is 5.86. The van der Waals surface area contributed by atoms with E-state index in [1.54, 1.807) is 12.1 Å². The molecule has 1 N–H and O–H groups in total. The topological polar surface area (TPSA) is 55.8 Å². The summed E-state index contributed by atoms with van der Waals surface area (Å²) >= 11 is 6.50. The standard InChI is InChI=1S/C24H23ClO4/c1-15-5-4-6-18(9-15)21-12-17(7-8-23(21)26)11-20-16(2)10-19(13-22(20)25)29-14-24(27)28-3/h4-10,12-13,26H,11,14H2,1-3H3. The fourth-order valence-electron chi connectivity index (χ4n) is 3.19. The molecular weight excluding hydrogens is 388 g/mol. The average Bonchev–Trinajstić information content (AvgIpc) is 2.70. The molecule has 0 saturated carbocycles. The Morgan fingerprint density at radius 3 is 2.55 bits per heavy atom. The third-order valence-corrected chi connectivity index (χ3v) is 5.08. The van der Waals surface area contributed by atoms with Gasteiger partial charge in [-0.25, -0.2) is 4.79 Å². The number of rotatable bonds is 6. The summed E-state index contributed by atoms with van der Waals surface area (Å²) in [6, 6.07) is 17.2. The molecule has 0 heterocycles. The van der Waals surface area contributed by atoms with E-state index in [-0.39, 0.29) is 12.4 Å². The maximum Gasteiger partial charge on any atom is 0.343 e. The van der Waals surface area contributed by atoms with Crippen LogP contribution < -0.4 is 4.74 Å². The lowest BCUT2D eigenvalue weighted by Gasteiger charge is -2.14. The quantitative estimate of drug-likeness (QED) is 0.547. The summed E-state index contributed by atoms with van der Waals surface area (Å²) in [7, 11) is 1.32. The highest BCUT2D eigenvalue weighted by atomic mass is 35.5. The molecule has 0 spiro atoms. The predicted octanol–water partition coefficient (Wildman–Crippen LogP) is 5.47. The number of halogens is 1. The third-order valence-electron chi connectivity index (χ3n) is 4.75. The fraction of sp³-hybridized carbons (Fsp3) is 0.208.